The van der Waals surface area contributed by atoms with Gasteiger partial charge in [0.25, 0.3) is 0 Å². The van der Waals surface area contributed by atoms with Crippen LogP contribution in [0.1, 0.15) is 72.1 Å². The molecule has 0 unspecified atom stereocenters. The van der Waals surface area contributed by atoms with Crippen LogP contribution in [0.5, 0.6) is 0 Å². The van der Waals surface area contributed by atoms with Gasteiger partial charge in [0.2, 0.25) is 0 Å². The van der Waals surface area contributed by atoms with Crippen molar-refractivity contribution >= 4 is 9.84 Å². The fraction of sp³-hybridized carbons (Fsp3) is 0.857. The quantitative estimate of drug-likeness (QED) is 0.543. The largest absolute Gasteiger partial charge is 0.224 e. The second-order valence-corrected chi connectivity index (χ2v) is 7.87. The number of hydrogen-bond acceptors (Lipinski definition) is 2. The third kappa shape index (κ3) is 6.25. The second kappa shape index (κ2) is 7.91. The standard InChI is InChI=1S/C14H28O2S/c1-5-7-8-9-10-11-12-13-14(3,4)17(15,16)6-2/h6H,2,5,7-13H2,1,3-4H3. The molecule has 0 aromatic rings. The molecular weight excluding hydrogens is 232 g/mol. The lowest BCUT2D eigenvalue weighted by Crippen LogP contribution is -2.29. The Morgan fingerprint density at radius 3 is 1.94 bits per heavy atom. The molecule has 0 aliphatic heterocycles. The molecule has 0 fully saturated rings. The molecule has 0 heterocycles. The predicted molar refractivity (Wildman–Crippen MR) is 75.8 cm³/mol. The number of sulfone groups is 1. The summed E-state index contributed by atoms with van der Waals surface area (Å²) in [5, 5.41) is 1.09. The normalized spacial score (nSPS) is 12.6. The molecule has 0 saturated carbocycles. The molecule has 0 aromatic heterocycles. The van der Waals surface area contributed by atoms with Crippen molar-refractivity contribution in [3.63, 3.8) is 0 Å². The summed E-state index contributed by atoms with van der Waals surface area (Å²) in [6, 6.07) is 0. The fourth-order valence-corrected chi connectivity index (χ4v) is 2.76. The average Bonchev–Trinajstić information content (AvgIpc) is 2.27. The van der Waals surface area contributed by atoms with E-state index >= 15 is 0 Å². The van der Waals surface area contributed by atoms with E-state index in [0.717, 1.165) is 24.7 Å². The van der Waals surface area contributed by atoms with Gasteiger partial charge in [0.15, 0.2) is 9.84 Å². The van der Waals surface area contributed by atoms with Gasteiger partial charge in [-0.1, -0.05) is 58.4 Å². The Bertz CT molecular complexity index is 302. The van der Waals surface area contributed by atoms with E-state index in [0.29, 0.717) is 0 Å². The highest BCUT2D eigenvalue weighted by molar-refractivity contribution is 7.95. The van der Waals surface area contributed by atoms with E-state index in [4.69, 9.17) is 0 Å². The number of rotatable bonds is 10. The monoisotopic (exact) mass is 260 g/mol. The van der Waals surface area contributed by atoms with Crippen LogP contribution >= 0.6 is 0 Å². The first-order valence-electron chi connectivity index (χ1n) is 6.74. The first-order chi connectivity index (χ1) is 7.87. The molecule has 0 rings (SSSR count). The first kappa shape index (κ1) is 16.7. The molecular formula is C14H28O2S. The van der Waals surface area contributed by atoms with Crippen molar-refractivity contribution in [3.05, 3.63) is 12.0 Å². The molecule has 0 aliphatic carbocycles. The molecule has 0 amide bonds. The summed E-state index contributed by atoms with van der Waals surface area (Å²) in [6.45, 7) is 9.19. The van der Waals surface area contributed by atoms with E-state index < -0.39 is 14.6 Å². The van der Waals surface area contributed by atoms with E-state index in [-0.39, 0.29) is 0 Å². The molecule has 0 spiro atoms. The van der Waals surface area contributed by atoms with Gasteiger partial charge in [-0.3, -0.25) is 0 Å². The molecule has 2 nitrogen and oxygen atoms in total. The molecule has 0 bridgehead atoms. The molecule has 0 atom stereocenters. The average molecular weight is 260 g/mol. The maximum Gasteiger partial charge on any atom is 0.176 e. The Hall–Kier alpha value is -0.310. The third-order valence-corrected chi connectivity index (χ3v) is 5.56. The lowest BCUT2D eigenvalue weighted by Gasteiger charge is -2.22. The molecule has 0 saturated heterocycles. The Morgan fingerprint density at radius 2 is 1.47 bits per heavy atom. The van der Waals surface area contributed by atoms with Crippen molar-refractivity contribution < 1.29 is 8.42 Å². The highest BCUT2D eigenvalue weighted by Gasteiger charge is 2.30. The van der Waals surface area contributed by atoms with E-state index in [2.05, 4.69) is 13.5 Å². The van der Waals surface area contributed by atoms with Crippen LogP contribution in [0.2, 0.25) is 0 Å². The van der Waals surface area contributed by atoms with Crippen LogP contribution in [0.3, 0.4) is 0 Å². The van der Waals surface area contributed by atoms with Crippen molar-refractivity contribution in [2.45, 2.75) is 76.9 Å². The highest BCUT2D eigenvalue weighted by Crippen LogP contribution is 2.25. The minimum absolute atomic E-state index is 0.655. The van der Waals surface area contributed by atoms with E-state index in [1.807, 2.05) is 0 Å². The van der Waals surface area contributed by atoms with Crippen LogP contribution in [0.25, 0.3) is 0 Å². The van der Waals surface area contributed by atoms with Gasteiger partial charge in [0, 0.05) is 5.41 Å². The number of unbranched alkanes of at least 4 members (excludes halogenated alkanes) is 6. The topological polar surface area (TPSA) is 34.1 Å². The van der Waals surface area contributed by atoms with Crippen molar-refractivity contribution in [3.8, 4) is 0 Å². The van der Waals surface area contributed by atoms with Gasteiger partial charge in [0.05, 0.1) is 4.75 Å². The van der Waals surface area contributed by atoms with Gasteiger partial charge >= 0.3 is 0 Å². The lowest BCUT2D eigenvalue weighted by atomic mass is 10.0. The van der Waals surface area contributed by atoms with Gasteiger partial charge in [-0.15, -0.1) is 0 Å². The van der Waals surface area contributed by atoms with Gasteiger partial charge < -0.3 is 0 Å². The van der Waals surface area contributed by atoms with E-state index in [9.17, 15) is 8.42 Å². The zero-order valence-electron chi connectivity index (χ0n) is 11.7. The SMILES string of the molecule is C=CS(=O)(=O)C(C)(C)CCCCCCCCC. The molecule has 17 heavy (non-hydrogen) atoms. The minimum Gasteiger partial charge on any atom is -0.224 e. The Labute approximate surface area is 107 Å². The zero-order valence-corrected chi connectivity index (χ0v) is 12.5. The fourth-order valence-electron chi connectivity index (χ4n) is 1.88. The minimum atomic E-state index is -3.14. The number of hydrogen-bond donors (Lipinski definition) is 0. The maximum absolute atomic E-state index is 11.7. The third-order valence-electron chi connectivity index (χ3n) is 3.37. The van der Waals surface area contributed by atoms with Crippen LogP contribution in [-0.4, -0.2) is 13.2 Å². The summed E-state index contributed by atoms with van der Waals surface area (Å²) >= 11 is 0. The molecule has 0 aromatic carbocycles. The summed E-state index contributed by atoms with van der Waals surface area (Å²) in [7, 11) is -3.14. The molecule has 0 N–H and O–H groups in total. The second-order valence-electron chi connectivity index (χ2n) is 5.34. The van der Waals surface area contributed by atoms with Crippen LogP contribution in [0.4, 0.5) is 0 Å². The van der Waals surface area contributed by atoms with Crippen molar-refractivity contribution in [1.29, 1.82) is 0 Å². The molecule has 3 heteroatoms. The molecule has 0 radical (unpaired) electrons. The molecule has 0 aliphatic rings. The van der Waals surface area contributed by atoms with Crippen molar-refractivity contribution in [2.24, 2.45) is 0 Å². The smallest absolute Gasteiger partial charge is 0.176 e. The summed E-state index contributed by atoms with van der Waals surface area (Å²) in [5.74, 6) is 0. The van der Waals surface area contributed by atoms with Crippen LogP contribution in [0.15, 0.2) is 12.0 Å². The van der Waals surface area contributed by atoms with Gasteiger partial charge in [0.1, 0.15) is 0 Å². The van der Waals surface area contributed by atoms with Gasteiger partial charge in [-0.2, -0.15) is 0 Å². The van der Waals surface area contributed by atoms with E-state index in [1.54, 1.807) is 13.8 Å². The first-order valence-corrected chi connectivity index (χ1v) is 8.29. The van der Waals surface area contributed by atoms with Gasteiger partial charge in [-0.25, -0.2) is 8.42 Å². The van der Waals surface area contributed by atoms with Crippen LogP contribution in [-0.2, 0) is 9.84 Å². The van der Waals surface area contributed by atoms with Crippen molar-refractivity contribution in [1.82, 2.24) is 0 Å². The van der Waals surface area contributed by atoms with Crippen LogP contribution < -0.4 is 0 Å². The summed E-state index contributed by atoms with van der Waals surface area (Å²) in [4.78, 5) is 0. The van der Waals surface area contributed by atoms with Crippen molar-refractivity contribution in [2.75, 3.05) is 0 Å². The van der Waals surface area contributed by atoms with E-state index in [1.165, 1.54) is 32.1 Å². The lowest BCUT2D eigenvalue weighted by molar-refractivity contribution is 0.500. The highest BCUT2D eigenvalue weighted by atomic mass is 32.2. The Balaban J connectivity index is 3.78. The molecule has 102 valence electrons. The summed E-state index contributed by atoms with van der Waals surface area (Å²) in [5.41, 5.74) is 0. The maximum atomic E-state index is 11.7. The summed E-state index contributed by atoms with van der Waals surface area (Å²) in [6.07, 6.45) is 9.26. The summed E-state index contributed by atoms with van der Waals surface area (Å²) < 4.78 is 22.8. The van der Waals surface area contributed by atoms with Crippen LogP contribution in [0, 0.1) is 0 Å². The Kier molecular flexibility index (Phi) is 7.77. The predicted octanol–water partition coefficient (Wildman–Crippen LogP) is 4.46. The van der Waals surface area contributed by atoms with Gasteiger partial charge in [-0.05, 0) is 20.3 Å². The zero-order chi connectivity index (χ0) is 13.4. The Morgan fingerprint density at radius 1 is 1.00 bits per heavy atom.